The number of hydrogen-bond donors (Lipinski definition) is 1. The topological polar surface area (TPSA) is 69.3 Å². The zero-order valence-electron chi connectivity index (χ0n) is 12.5. The molecule has 0 aliphatic carbocycles. The Morgan fingerprint density at radius 1 is 1.30 bits per heavy atom. The summed E-state index contributed by atoms with van der Waals surface area (Å²) in [5.74, 6) is 0. The molecular weight excluding hydrogens is 264 g/mol. The van der Waals surface area contributed by atoms with Crippen molar-refractivity contribution in [2.75, 3.05) is 41.2 Å². The van der Waals surface area contributed by atoms with E-state index in [1.165, 1.54) is 4.90 Å². The van der Waals surface area contributed by atoms with Crippen LogP contribution in [0.15, 0.2) is 12.3 Å². The van der Waals surface area contributed by atoms with Gasteiger partial charge in [-0.3, -0.25) is 4.90 Å². The summed E-state index contributed by atoms with van der Waals surface area (Å²) in [6.45, 7) is 3.02. The van der Waals surface area contributed by atoms with Crippen LogP contribution in [0.3, 0.4) is 0 Å². The van der Waals surface area contributed by atoms with E-state index in [2.05, 4.69) is 5.32 Å². The molecule has 0 spiro atoms. The minimum Gasteiger partial charge on any atom is -0.382 e. The van der Waals surface area contributed by atoms with Crippen LogP contribution in [0.4, 0.5) is 4.79 Å². The van der Waals surface area contributed by atoms with Gasteiger partial charge in [0.15, 0.2) is 6.23 Å². The van der Waals surface area contributed by atoms with Crippen molar-refractivity contribution in [3.8, 4) is 0 Å². The van der Waals surface area contributed by atoms with Crippen LogP contribution < -0.4 is 5.32 Å². The van der Waals surface area contributed by atoms with Gasteiger partial charge in [0.1, 0.15) is 6.10 Å². The summed E-state index contributed by atoms with van der Waals surface area (Å²) in [5, 5.41) is 2.81. The maximum absolute atomic E-state index is 12.1. The quantitative estimate of drug-likeness (QED) is 0.628. The second-order valence-corrected chi connectivity index (χ2v) is 4.47. The summed E-state index contributed by atoms with van der Waals surface area (Å²) in [4.78, 5) is 13.5. The minimum atomic E-state index is -0.571. The maximum Gasteiger partial charge on any atom is 0.324 e. The van der Waals surface area contributed by atoms with Gasteiger partial charge in [-0.05, 0) is 13.0 Å². The zero-order valence-corrected chi connectivity index (χ0v) is 12.5. The van der Waals surface area contributed by atoms with Crippen molar-refractivity contribution in [1.29, 1.82) is 0 Å². The van der Waals surface area contributed by atoms with Gasteiger partial charge in [-0.1, -0.05) is 0 Å². The molecule has 0 aromatic rings. The molecule has 20 heavy (non-hydrogen) atoms. The molecule has 3 atom stereocenters. The van der Waals surface area contributed by atoms with Crippen molar-refractivity contribution in [3.63, 3.8) is 0 Å². The first-order valence-electron chi connectivity index (χ1n) is 6.53. The zero-order chi connectivity index (χ0) is 15.0. The highest BCUT2D eigenvalue weighted by atomic mass is 16.6. The fourth-order valence-electron chi connectivity index (χ4n) is 1.86. The molecule has 116 valence electrons. The van der Waals surface area contributed by atoms with Crippen LogP contribution in [0.1, 0.15) is 6.92 Å². The Kier molecular flexibility index (Phi) is 7.53. The molecule has 0 aromatic heterocycles. The summed E-state index contributed by atoms with van der Waals surface area (Å²) in [7, 11) is 4.73. The third kappa shape index (κ3) is 4.75. The fourth-order valence-corrected chi connectivity index (χ4v) is 1.86. The fraction of sp³-hybridized carbons (Fsp3) is 0.769. The molecule has 1 N–H and O–H groups in total. The van der Waals surface area contributed by atoms with Gasteiger partial charge >= 0.3 is 6.03 Å². The van der Waals surface area contributed by atoms with E-state index in [0.717, 1.165) is 0 Å². The number of nitrogens with zero attached hydrogens (tertiary/aromatic N) is 1. The van der Waals surface area contributed by atoms with Crippen LogP contribution in [-0.4, -0.2) is 70.5 Å². The lowest BCUT2D eigenvalue weighted by atomic mass is 10.2. The number of carbonyl (C=O) groups is 1. The van der Waals surface area contributed by atoms with E-state index in [1.54, 1.807) is 27.5 Å². The average molecular weight is 288 g/mol. The highest BCUT2D eigenvalue weighted by Crippen LogP contribution is 2.15. The number of carbonyl (C=O) groups excluding carboxylic acids is 1. The molecule has 0 aromatic carbocycles. The van der Waals surface area contributed by atoms with E-state index in [9.17, 15) is 4.79 Å². The summed E-state index contributed by atoms with van der Waals surface area (Å²) in [5.41, 5.74) is 0. The molecule has 1 aliphatic heterocycles. The van der Waals surface area contributed by atoms with E-state index in [-0.39, 0.29) is 18.2 Å². The first kappa shape index (κ1) is 16.9. The molecule has 1 unspecified atom stereocenters. The standard InChI is InChI=1S/C13H24N2O5/c1-10-5-6-15(13(16)14-10)12(20-8-7-17-2)11(19-4)9-18-3/h5-6,10-12H,7-9H2,1-4H3,(H,14,16)/t10?,11-,12-/m1/s1. The second kappa shape index (κ2) is 8.91. The summed E-state index contributed by atoms with van der Waals surface area (Å²) in [6, 6.07) is -0.220. The van der Waals surface area contributed by atoms with Gasteiger partial charge in [-0.25, -0.2) is 4.79 Å². The van der Waals surface area contributed by atoms with Gasteiger partial charge in [-0.15, -0.1) is 0 Å². The minimum absolute atomic E-state index is 0.00166. The molecule has 0 saturated carbocycles. The maximum atomic E-state index is 12.1. The largest absolute Gasteiger partial charge is 0.382 e. The smallest absolute Gasteiger partial charge is 0.324 e. The van der Waals surface area contributed by atoms with Gasteiger partial charge in [0.05, 0.1) is 19.8 Å². The Hall–Kier alpha value is -1.15. The van der Waals surface area contributed by atoms with Crippen LogP contribution >= 0.6 is 0 Å². The van der Waals surface area contributed by atoms with Crippen molar-refractivity contribution < 1.29 is 23.7 Å². The monoisotopic (exact) mass is 288 g/mol. The Morgan fingerprint density at radius 2 is 2.05 bits per heavy atom. The third-order valence-electron chi connectivity index (χ3n) is 2.92. The number of methoxy groups -OCH3 is 3. The Balaban J connectivity index is 2.79. The van der Waals surface area contributed by atoms with Gasteiger partial charge in [-0.2, -0.15) is 0 Å². The van der Waals surface area contributed by atoms with Crippen LogP contribution in [-0.2, 0) is 18.9 Å². The van der Waals surface area contributed by atoms with Gasteiger partial charge in [0, 0.05) is 33.6 Å². The van der Waals surface area contributed by atoms with Crippen molar-refractivity contribution >= 4 is 6.03 Å². The molecule has 0 saturated heterocycles. The first-order valence-corrected chi connectivity index (χ1v) is 6.53. The van der Waals surface area contributed by atoms with E-state index in [1.807, 2.05) is 13.0 Å². The number of amides is 2. The van der Waals surface area contributed by atoms with Crippen molar-refractivity contribution in [2.45, 2.75) is 25.3 Å². The number of rotatable bonds is 9. The van der Waals surface area contributed by atoms with Crippen LogP contribution in [0.25, 0.3) is 0 Å². The summed E-state index contributed by atoms with van der Waals surface area (Å²) < 4.78 is 21.2. The molecule has 7 nitrogen and oxygen atoms in total. The lowest BCUT2D eigenvalue weighted by molar-refractivity contribution is -0.132. The molecule has 0 bridgehead atoms. The number of urea groups is 1. The van der Waals surface area contributed by atoms with Crippen LogP contribution in [0.2, 0.25) is 0 Å². The number of nitrogens with one attached hydrogen (secondary N) is 1. The molecule has 1 heterocycles. The van der Waals surface area contributed by atoms with Gasteiger partial charge in [0.2, 0.25) is 0 Å². The Labute approximate surface area is 119 Å². The molecular formula is C13H24N2O5. The van der Waals surface area contributed by atoms with Crippen molar-refractivity contribution in [2.24, 2.45) is 0 Å². The third-order valence-corrected chi connectivity index (χ3v) is 2.92. The molecule has 0 fully saturated rings. The van der Waals surface area contributed by atoms with E-state index >= 15 is 0 Å². The normalized spacial score (nSPS) is 21.7. The predicted octanol–water partition coefficient (Wildman–Crippen LogP) is 0.564. The molecule has 7 heteroatoms. The van der Waals surface area contributed by atoms with Crippen molar-refractivity contribution in [1.82, 2.24) is 10.2 Å². The lowest BCUT2D eigenvalue weighted by Gasteiger charge is -2.36. The molecule has 1 aliphatic rings. The molecule has 2 amide bonds. The van der Waals surface area contributed by atoms with E-state index in [0.29, 0.717) is 19.8 Å². The Bertz CT molecular complexity index is 324. The van der Waals surface area contributed by atoms with Crippen LogP contribution in [0, 0.1) is 0 Å². The molecule has 1 rings (SSSR count). The van der Waals surface area contributed by atoms with Crippen LogP contribution in [0.5, 0.6) is 0 Å². The lowest BCUT2D eigenvalue weighted by Crippen LogP contribution is -2.54. The summed E-state index contributed by atoms with van der Waals surface area (Å²) in [6.07, 6.45) is 2.63. The number of ether oxygens (including phenoxy) is 4. The van der Waals surface area contributed by atoms with Crippen molar-refractivity contribution in [3.05, 3.63) is 12.3 Å². The summed E-state index contributed by atoms with van der Waals surface area (Å²) >= 11 is 0. The first-order chi connectivity index (χ1) is 9.63. The van der Waals surface area contributed by atoms with Gasteiger partial charge in [0.25, 0.3) is 0 Å². The van der Waals surface area contributed by atoms with Gasteiger partial charge < -0.3 is 24.3 Å². The highest BCUT2D eigenvalue weighted by Gasteiger charge is 2.32. The Morgan fingerprint density at radius 3 is 2.60 bits per heavy atom. The predicted molar refractivity (Wildman–Crippen MR) is 73.3 cm³/mol. The average Bonchev–Trinajstić information content (AvgIpc) is 2.43. The highest BCUT2D eigenvalue weighted by molar-refractivity contribution is 5.77. The number of hydrogen-bond acceptors (Lipinski definition) is 5. The molecule has 0 radical (unpaired) electrons. The SMILES string of the molecule is COCCO[C@H]([C@@H](COC)OC)N1C=CC(C)NC1=O. The van der Waals surface area contributed by atoms with E-state index in [4.69, 9.17) is 18.9 Å². The van der Waals surface area contributed by atoms with E-state index < -0.39 is 6.23 Å². The second-order valence-electron chi connectivity index (χ2n) is 4.47.